The lowest BCUT2D eigenvalue weighted by Gasteiger charge is -2.14. The summed E-state index contributed by atoms with van der Waals surface area (Å²) in [6.45, 7) is 2.78. The Balaban J connectivity index is 1.62. The van der Waals surface area contributed by atoms with Crippen molar-refractivity contribution in [1.82, 2.24) is 15.3 Å². The van der Waals surface area contributed by atoms with Crippen LogP contribution in [-0.4, -0.2) is 16.0 Å². The number of nitrogens with one attached hydrogen (secondary N) is 1. The highest BCUT2D eigenvalue weighted by Gasteiger charge is 2.20. The summed E-state index contributed by atoms with van der Waals surface area (Å²) in [6, 6.07) is 10.8. The van der Waals surface area contributed by atoms with E-state index in [-0.39, 0.29) is 6.10 Å². The van der Waals surface area contributed by atoms with E-state index in [2.05, 4.69) is 27.4 Å². The summed E-state index contributed by atoms with van der Waals surface area (Å²) in [6.07, 6.45) is 5.97. The van der Waals surface area contributed by atoms with Gasteiger partial charge in [0.25, 0.3) is 0 Å². The molecule has 104 valence electrons. The third kappa shape index (κ3) is 3.54. The molecule has 4 nitrogen and oxygen atoms in total. The lowest BCUT2D eigenvalue weighted by Crippen LogP contribution is -2.16. The van der Waals surface area contributed by atoms with E-state index in [1.807, 2.05) is 25.1 Å². The molecule has 3 rings (SSSR count). The van der Waals surface area contributed by atoms with Gasteiger partial charge < -0.3 is 10.1 Å². The molecular formula is C16H19N3O. The predicted octanol–water partition coefficient (Wildman–Crippen LogP) is 2.87. The van der Waals surface area contributed by atoms with Crippen LogP contribution in [0.4, 0.5) is 0 Å². The Bertz CT molecular complexity index is 555. The Morgan fingerprint density at radius 3 is 2.80 bits per heavy atom. The molecule has 0 spiro atoms. The van der Waals surface area contributed by atoms with E-state index in [4.69, 9.17) is 4.74 Å². The molecule has 1 atom stereocenters. The second-order valence-electron chi connectivity index (χ2n) is 5.17. The van der Waals surface area contributed by atoms with Crippen LogP contribution in [0.2, 0.25) is 0 Å². The minimum atomic E-state index is -0.0304. The molecule has 1 fully saturated rings. The van der Waals surface area contributed by atoms with E-state index in [9.17, 15) is 0 Å². The van der Waals surface area contributed by atoms with Crippen molar-refractivity contribution in [3.05, 3.63) is 54.0 Å². The van der Waals surface area contributed by atoms with E-state index in [0.717, 1.165) is 17.8 Å². The minimum Gasteiger partial charge on any atom is -0.469 e. The van der Waals surface area contributed by atoms with Crippen molar-refractivity contribution in [3.8, 4) is 5.88 Å². The molecule has 1 saturated carbocycles. The van der Waals surface area contributed by atoms with Gasteiger partial charge in [0.15, 0.2) is 0 Å². The first kappa shape index (κ1) is 13.1. The van der Waals surface area contributed by atoms with Crippen LogP contribution in [0, 0.1) is 0 Å². The number of hydrogen-bond acceptors (Lipinski definition) is 4. The molecule has 0 aliphatic heterocycles. The summed E-state index contributed by atoms with van der Waals surface area (Å²) < 4.78 is 5.86. The van der Waals surface area contributed by atoms with E-state index in [1.165, 1.54) is 12.8 Å². The Labute approximate surface area is 119 Å². The average Bonchev–Trinajstić information content (AvgIpc) is 3.31. The molecule has 1 N–H and O–H groups in total. The Kier molecular flexibility index (Phi) is 3.92. The van der Waals surface area contributed by atoms with E-state index in [1.54, 1.807) is 12.4 Å². The third-order valence-electron chi connectivity index (χ3n) is 3.38. The van der Waals surface area contributed by atoms with Crippen molar-refractivity contribution in [2.24, 2.45) is 0 Å². The molecule has 2 aromatic rings. The molecule has 0 amide bonds. The SMILES string of the molecule is CC(Oc1cncc(CNC2CC2)n1)c1ccccc1. The van der Waals surface area contributed by atoms with Gasteiger partial charge in [-0.2, -0.15) is 0 Å². The van der Waals surface area contributed by atoms with Crippen LogP contribution in [0.25, 0.3) is 0 Å². The van der Waals surface area contributed by atoms with Gasteiger partial charge in [-0.15, -0.1) is 0 Å². The molecule has 1 unspecified atom stereocenters. The van der Waals surface area contributed by atoms with Gasteiger partial charge in [-0.3, -0.25) is 4.98 Å². The summed E-state index contributed by atoms with van der Waals surface area (Å²) in [5.41, 5.74) is 2.06. The van der Waals surface area contributed by atoms with Gasteiger partial charge in [0.1, 0.15) is 6.10 Å². The summed E-state index contributed by atoms with van der Waals surface area (Å²) >= 11 is 0. The summed E-state index contributed by atoms with van der Waals surface area (Å²) in [5, 5.41) is 3.43. The third-order valence-corrected chi connectivity index (χ3v) is 3.38. The highest BCUT2D eigenvalue weighted by molar-refractivity contribution is 5.19. The van der Waals surface area contributed by atoms with Crippen molar-refractivity contribution in [2.45, 2.75) is 38.5 Å². The minimum absolute atomic E-state index is 0.0304. The molecule has 1 aromatic carbocycles. The van der Waals surface area contributed by atoms with E-state index >= 15 is 0 Å². The van der Waals surface area contributed by atoms with Crippen LogP contribution < -0.4 is 10.1 Å². The number of hydrogen-bond donors (Lipinski definition) is 1. The van der Waals surface area contributed by atoms with Gasteiger partial charge in [0.05, 0.1) is 11.9 Å². The van der Waals surface area contributed by atoms with Crippen molar-refractivity contribution in [1.29, 1.82) is 0 Å². The maximum Gasteiger partial charge on any atom is 0.233 e. The second kappa shape index (κ2) is 6.01. The number of nitrogens with zero attached hydrogens (tertiary/aromatic N) is 2. The number of benzene rings is 1. The van der Waals surface area contributed by atoms with Gasteiger partial charge in [-0.1, -0.05) is 30.3 Å². The molecule has 1 aromatic heterocycles. The first-order chi connectivity index (χ1) is 9.81. The van der Waals surface area contributed by atoms with Gasteiger partial charge >= 0.3 is 0 Å². The quantitative estimate of drug-likeness (QED) is 0.876. The molecule has 1 heterocycles. The van der Waals surface area contributed by atoms with Crippen LogP contribution in [0.5, 0.6) is 5.88 Å². The topological polar surface area (TPSA) is 47.0 Å². The summed E-state index contributed by atoms with van der Waals surface area (Å²) in [4.78, 5) is 8.69. The first-order valence-electron chi connectivity index (χ1n) is 7.07. The van der Waals surface area contributed by atoms with E-state index < -0.39 is 0 Å². The number of rotatable bonds is 6. The highest BCUT2D eigenvalue weighted by atomic mass is 16.5. The lowest BCUT2D eigenvalue weighted by molar-refractivity contribution is 0.215. The average molecular weight is 269 g/mol. The molecule has 4 heteroatoms. The van der Waals surface area contributed by atoms with Crippen molar-refractivity contribution in [3.63, 3.8) is 0 Å². The van der Waals surface area contributed by atoms with Crippen molar-refractivity contribution in [2.75, 3.05) is 0 Å². The van der Waals surface area contributed by atoms with Crippen LogP contribution in [0.1, 0.15) is 37.1 Å². The molecule has 1 aliphatic carbocycles. The monoisotopic (exact) mass is 269 g/mol. The van der Waals surface area contributed by atoms with Gasteiger partial charge in [-0.05, 0) is 25.3 Å². The fourth-order valence-electron chi connectivity index (χ4n) is 2.04. The van der Waals surface area contributed by atoms with Crippen molar-refractivity contribution >= 4 is 0 Å². The van der Waals surface area contributed by atoms with Gasteiger partial charge in [-0.25, -0.2) is 4.98 Å². The van der Waals surface area contributed by atoms with Crippen LogP contribution in [0.3, 0.4) is 0 Å². The normalized spacial score (nSPS) is 15.8. The maximum absolute atomic E-state index is 5.86. The first-order valence-corrected chi connectivity index (χ1v) is 7.07. The summed E-state index contributed by atoms with van der Waals surface area (Å²) in [5.74, 6) is 0.580. The van der Waals surface area contributed by atoms with Crippen molar-refractivity contribution < 1.29 is 4.74 Å². The molecule has 20 heavy (non-hydrogen) atoms. The standard InChI is InChI=1S/C16H19N3O/c1-12(13-5-3-2-4-6-13)20-16-11-17-9-15(19-16)10-18-14-7-8-14/h2-6,9,11-12,14,18H,7-8,10H2,1H3. The zero-order chi connectivity index (χ0) is 13.8. The van der Waals surface area contributed by atoms with Gasteiger partial charge in [0, 0.05) is 18.8 Å². The molecule has 1 aliphatic rings. The highest BCUT2D eigenvalue weighted by Crippen LogP contribution is 2.21. The van der Waals surface area contributed by atoms with Gasteiger partial charge in [0.2, 0.25) is 5.88 Å². The second-order valence-corrected chi connectivity index (χ2v) is 5.17. The lowest BCUT2D eigenvalue weighted by atomic mass is 10.1. The Hall–Kier alpha value is -1.94. The number of aromatic nitrogens is 2. The van der Waals surface area contributed by atoms with Crippen LogP contribution in [-0.2, 0) is 6.54 Å². The molecular weight excluding hydrogens is 250 g/mol. The largest absolute Gasteiger partial charge is 0.469 e. The molecule has 0 radical (unpaired) electrons. The predicted molar refractivity (Wildman–Crippen MR) is 77.4 cm³/mol. The Morgan fingerprint density at radius 1 is 1.25 bits per heavy atom. The fraction of sp³-hybridized carbons (Fsp3) is 0.375. The van der Waals surface area contributed by atoms with Crippen LogP contribution >= 0.6 is 0 Å². The fourth-order valence-corrected chi connectivity index (χ4v) is 2.04. The van der Waals surface area contributed by atoms with E-state index in [0.29, 0.717) is 11.9 Å². The molecule has 0 bridgehead atoms. The zero-order valence-electron chi connectivity index (χ0n) is 11.6. The Morgan fingerprint density at radius 2 is 2.05 bits per heavy atom. The summed E-state index contributed by atoms with van der Waals surface area (Å²) in [7, 11) is 0. The number of ether oxygens (including phenoxy) is 1. The smallest absolute Gasteiger partial charge is 0.233 e. The van der Waals surface area contributed by atoms with Crippen LogP contribution in [0.15, 0.2) is 42.7 Å². The zero-order valence-corrected chi connectivity index (χ0v) is 11.6. The molecule has 0 saturated heterocycles. The maximum atomic E-state index is 5.86.